The summed E-state index contributed by atoms with van der Waals surface area (Å²) in [4.78, 5) is 4.08. The third-order valence-electron chi connectivity index (χ3n) is 2.68. The van der Waals surface area contributed by atoms with Crippen LogP contribution in [0.5, 0.6) is 0 Å². The number of hydrogen-bond donors (Lipinski definition) is 1. The van der Waals surface area contributed by atoms with Gasteiger partial charge in [0.05, 0.1) is 5.38 Å². The van der Waals surface area contributed by atoms with Gasteiger partial charge in [-0.15, -0.1) is 11.6 Å². The van der Waals surface area contributed by atoms with Crippen LogP contribution in [-0.2, 0) is 0 Å². The van der Waals surface area contributed by atoms with E-state index in [0.717, 1.165) is 22.5 Å². The molecule has 0 aliphatic heterocycles. The van der Waals surface area contributed by atoms with Crippen LogP contribution in [0.4, 0.5) is 11.4 Å². The van der Waals surface area contributed by atoms with E-state index in [9.17, 15) is 0 Å². The van der Waals surface area contributed by atoms with Gasteiger partial charge >= 0.3 is 0 Å². The lowest BCUT2D eigenvalue weighted by molar-refractivity contribution is 1.08. The maximum Gasteiger partial charge on any atom is 0.0577 e. The Balaban J connectivity index is 2.34. The zero-order chi connectivity index (χ0) is 12.3. The second-order valence-corrected chi connectivity index (χ2v) is 4.67. The Labute approximate surface area is 107 Å². The molecule has 1 atom stereocenters. The number of hydrogen-bond acceptors (Lipinski definition) is 2. The normalized spacial score (nSPS) is 12.2. The van der Waals surface area contributed by atoms with E-state index in [1.807, 2.05) is 50.4 Å². The number of aryl methyl sites for hydroxylation is 1. The summed E-state index contributed by atoms with van der Waals surface area (Å²) in [6, 6.07) is 10.0. The minimum atomic E-state index is -0.0131. The van der Waals surface area contributed by atoms with E-state index in [2.05, 4.69) is 10.3 Å². The zero-order valence-corrected chi connectivity index (χ0v) is 10.7. The number of alkyl halides is 1. The third kappa shape index (κ3) is 2.77. The minimum absolute atomic E-state index is 0.0131. The molecular weight excluding hydrogens is 232 g/mol. The van der Waals surface area contributed by atoms with Gasteiger partial charge in [0.15, 0.2) is 0 Å². The highest BCUT2D eigenvalue weighted by Crippen LogP contribution is 2.30. The van der Waals surface area contributed by atoms with E-state index in [1.165, 1.54) is 0 Å². The highest BCUT2D eigenvalue weighted by molar-refractivity contribution is 6.21. The Kier molecular flexibility index (Phi) is 3.64. The lowest BCUT2D eigenvalue weighted by Crippen LogP contribution is -1.98. The predicted molar refractivity (Wildman–Crippen MR) is 73.0 cm³/mol. The van der Waals surface area contributed by atoms with Crippen molar-refractivity contribution in [1.29, 1.82) is 0 Å². The molecule has 0 aliphatic carbocycles. The third-order valence-corrected chi connectivity index (χ3v) is 2.91. The number of halogens is 1. The van der Waals surface area contributed by atoms with E-state index in [1.54, 1.807) is 6.20 Å². The Hall–Kier alpha value is -1.54. The smallest absolute Gasteiger partial charge is 0.0577 e. The van der Waals surface area contributed by atoms with Crippen molar-refractivity contribution in [3.63, 3.8) is 0 Å². The first-order chi connectivity index (χ1) is 8.18. The van der Waals surface area contributed by atoms with Crippen LogP contribution in [0.1, 0.15) is 23.4 Å². The molecule has 0 aliphatic rings. The maximum atomic E-state index is 6.16. The Morgan fingerprint density at radius 3 is 2.65 bits per heavy atom. The molecule has 3 heteroatoms. The number of pyridine rings is 1. The fourth-order valence-electron chi connectivity index (χ4n) is 1.72. The number of rotatable bonds is 3. The predicted octanol–water partition coefficient (Wildman–Crippen LogP) is 4.43. The van der Waals surface area contributed by atoms with Crippen LogP contribution in [0, 0.1) is 6.92 Å². The van der Waals surface area contributed by atoms with Crippen LogP contribution < -0.4 is 5.32 Å². The van der Waals surface area contributed by atoms with Gasteiger partial charge in [-0.2, -0.15) is 0 Å². The van der Waals surface area contributed by atoms with Crippen molar-refractivity contribution in [2.24, 2.45) is 0 Å². The molecular formula is C14H15ClN2. The number of para-hydroxylation sites is 1. The number of anilines is 2. The first kappa shape index (κ1) is 11.9. The van der Waals surface area contributed by atoms with Gasteiger partial charge in [-0.05, 0) is 37.1 Å². The van der Waals surface area contributed by atoms with Crippen molar-refractivity contribution < 1.29 is 0 Å². The van der Waals surface area contributed by atoms with Gasteiger partial charge in [0.25, 0.3) is 0 Å². The molecule has 0 saturated heterocycles. The van der Waals surface area contributed by atoms with E-state index in [0.29, 0.717) is 0 Å². The van der Waals surface area contributed by atoms with Gasteiger partial charge in [-0.3, -0.25) is 4.98 Å². The Morgan fingerprint density at radius 1 is 1.18 bits per heavy atom. The fourth-order valence-corrected chi connectivity index (χ4v) is 1.91. The molecule has 1 aromatic heterocycles. The quantitative estimate of drug-likeness (QED) is 0.811. The van der Waals surface area contributed by atoms with Crippen molar-refractivity contribution in [3.05, 3.63) is 53.9 Å². The molecule has 0 bridgehead atoms. The van der Waals surface area contributed by atoms with E-state index in [-0.39, 0.29) is 5.38 Å². The van der Waals surface area contributed by atoms with Crippen molar-refractivity contribution >= 4 is 23.0 Å². The Bertz CT molecular complexity index is 509. The summed E-state index contributed by atoms with van der Waals surface area (Å²) in [5, 5.41) is 3.38. The van der Waals surface area contributed by atoms with Crippen LogP contribution in [0.3, 0.4) is 0 Å². The summed E-state index contributed by atoms with van der Waals surface area (Å²) in [6.45, 7) is 4.00. The highest BCUT2D eigenvalue weighted by atomic mass is 35.5. The average Bonchev–Trinajstić information content (AvgIpc) is 2.32. The van der Waals surface area contributed by atoms with Gasteiger partial charge in [-0.1, -0.05) is 18.2 Å². The van der Waals surface area contributed by atoms with Gasteiger partial charge in [0.1, 0.15) is 0 Å². The summed E-state index contributed by atoms with van der Waals surface area (Å²) in [7, 11) is 0. The summed E-state index contributed by atoms with van der Waals surface area (Å²) in [6.07, 6.45) is 3.62. The second-order valence-electron chi connectivity index (χ2n) is 4.02. The van der Waals surface area contributed by atoms with Gasteiger partial charge < -0.3 is 5.32 Å². The molecule has 0 spiro atoms. The molecule has 0 radical (unpaired) electrons. The van der Waals surface area contributed by atoms with E-state index in [4.69, 9.17) is 11.6 Å². The minimum Gasteiger partial charge on any atom is -0.355 e. The molecule has 1 heterocycles. The van der Waals surface area contributed by atoms with Gasteiger partial charge in [0.2, 0.25) is 0 Å². The summed E-state index contributed by atoms with van der Waals surface area (Å²) < 4.78 is 0. The van der Waals surface area contributed by atoms with Crippen LogP contribution in [0.2, 0.25) is 0 Å². The molecule has 0 fully saturated rings. The maximum absolute atomic E-state index is 6.16. The average molecular weight is 247 g/mol. The van der Waals surface area contributed by atoms with Gasteiger partial charge in [-0.25, -0.2) is 0 Å². The molecule has 17 heavy (non-hydrogen) atoms. The van der Waals surface area contributed by atoms with Crippen molar-refractivity contribution in [2.45, 2.75) is 19.2 Å². The highest BCUT2D eigenvalue weighted by Gasteiger charge is 2.08. The molecule has 2 nitrogen and oxygen atoms in total. The molecule has 0 amide bonds. The molecule has 88 valence electrons. The van der Waals surface area contributed by atoms with Crippen molar-refractivity contribution in [1.82, 2.24) is 4.98 Å². The molecule has 1 unspecified atom stereocenters. The van der Waals surface area contributed by atoms with Gasteiger partial charge in [0, 0.05) is 23.8 Å². The van der Waals surface area contributed by atoms with Crippen LogP contribution >= 0.6 is 11.6 Å². The molecule has 0 saturated carbocycles. The topological polar surface area (TPSA) is 24.9 Å². The van der Waals surface area contributed by atoms with Crippen LogP contribution in [0.25, 0.3) is 0 Å². The lowest BCUT2D eigenvalue weighted by atomic mass is 10.1. The molecule has 2 aromatic rings. The van der Waals surface area contributed by atoms with Crippen LogP contribution in [-0.4, -0.2) is 4.98 Å². The number of aromatic nitrogens is 1. The zero-order valence-electron chi connectivity index (χ0n) is 9.94. The first-order valence-corrected chi connectivity index (χ1v) is 6.03. The number of benzene rings is 1. The van der Waals surface area contributed by atoms with E-state index >= 15 is 0 Å². The molecule has 2 rings (SSSR count). The fraction of sp³-hybridized carbons (Fsp3) is 0.214. The monoisotopic (exact) mass is 246 g/mol. The SMILES string of the molecule is Cc1cnccc1Nc1ccccc1C(C)Cl. The molecule has 1 N–H and O–H groups in total. The lowest BCUT2D eigenvalue weighted by Gasteiger charge is -2.14. The largest absolute Gasteiger partial charge is 0.355 e. The van der Waals surface area contributed by atoms with Crippen molar-refractivity contribution in [3.8, 4) is 0 Å². The standard InChI is InChI=1S/C14H15ClN2/c1-10-9-16-8-7-13(10)17-14-6-4-3-5-12(14)11(2)15/h3-9,11H,1-2H3,(H,16,17). The second kappa shape index (κ2) is 5.19. The van der Waals surface area contributed by atoms with Crippen LogP contribution in [0.15, 0.2) is 42.7 Å². The molecule has 1 aromatic carbocycles. The first-order valence-electron chi connectivity index (χ1n) is 5.59. The summed E-state index contributed by atoms with van der Waals surface area (Å²) >= 11 is 6.16. The number of nitrogens with zero attached hydrogens (tertiary/aromatic N) is 1. The Morgan fingerprint density at radius 2 is 1.94 bits per heavy atom. The summed E-state index contributed by atoms with van der Waals surface area (Å²) in [5.41, 5.74) is 4.32. The van der Waals surface area contributed by atoms with E-state index < -0.39 is 0 Å². The van der Waals surface area contributed by atoms with Crippen molar-refractivity contribution in [2.75, 3.05) is 5.32 Å². The summed E-state index contributed by atoms with van der Waals surface area (Å²) in [5.74, 6) is 0. The number of nitrogens with one attached hydrogen (secondary N) is 1.